The molecule has 106 valence electrons. The molecule has 1 aliphatic rings. The zero-order valence-corrected chi connectivity index (χ0v) is 12.3. The zero-order chi connectivity index (χ0) is 15.5. The highest BCUT2D eigenvalue weighted by molar-refractivity contribution is 5.59. The summed E-state index contributed by atoms with van der Waals surface area (Å²) in [6, 6.07) is 23.5. The Balaban J connectivity index is 2.00. The van der Waals surface area contributed by atoms with Gasteiger partial charge in [-0.15, -0.1) is 0 Å². The van der Waals surface area contributed by atoms with Crippen molar-refractivity contribution in [2.45, 2.75) is 0 Å². The van der Waals surface area contributed by atoms with Gasteiger partial charge in [-0.3, -0.25) is 0 Å². The normalized spacial score (nSPS) is 11.0. The van der Waals surface area contributed by atoms with Crippen LogP contribution in [0.4, 0.5) is 0 Å². The second-order valence-electron chi connectivity index (χ2n) is 5.14. The Kier molecular flexibility index (Phi) is 3.32. The molecule has 0 unspecified atom stereocenters. The first kappa shape index (κ1) is 13.3. The number of rotatable bonds is 0. The molecule has 0 aliphatic carbocycles. The Morgan fingerprint density at radius 2 is 0.783 bits per heavy atom. The topological polar surface area (TPSA) is 9.23 Å². The third-order valence-electron chi connectivity index (χ3n) is 3.58. The van der Waals surface area contributed by atoms with Gasteiger partial charge in [0.15, 0.2) is 0 Å². The highest BCUT2D eigenvalue weighted by Gasteiger charge is 2.07. The van der Waals surface area contributed by atoms with E-state index in [0.29, 0.717) is 0 Å². The summed E-state index contributed by atoms with van der Waals surface area (Å²) in [4.78, 5) is 0. The molecule has 0 radical (unpaired) electrons. The first-order valence-electron chi connectivity index (χ1n) is 7.39. The van der Waals surface area contributed by atoms with Gasteiger partial charge in [-0.2, -0.15) is 0 Å². The minimum Gasteiger partial charge on any atom is -0.455 e. The molecule has 3 aromatic carbocycles. The summed E-state index contributed by atoms with van der Waals surface area (Å²) in [6.07, 6.45) is 0. The number of fused-ring (bicyclic) bond motifs is 3. The van der Waals surface area contributed by atoms with Crippen molar-refractivity contribution in [2.24, 2.45) is 0 Å². The summed E-state index contributed by atoms with van der Waals surface area (Å²) in [5, 5.41) is 0. The standard InChI is InChI=1S/C22H12O/c1-2-8-18-14-16-20-10-4-6-12-22(20)23-21-11-5-3-9-19(21)15-13-17(18)7-1/h1-12H. The molecule has 0 spiro atoms. The highest BCUT2D eigenvalue weighted by Crippen LogP contribution is 2.27. The number of hydrogen-bond donors (Lipinski definition) is 0. The predicted molar refractivity (Wildman–Crippen MR) is 91.4 cm³/mol. The Morgan fingerprint density at radius 3 is 1.26 bits per heavy atom. The van der Waals surface area contributed by atoms with Crippen LogP contribution < -0.4 is 4.74 Å². The third-order valence-corrected chi connectivity index (χ3v) is 3.58. The van der Waals surface area contributed by atoms with Crippen molar-refractivity contribution in [1.29, 1.82) is 0 Å². The van der Waals surface area contributed by atoms with Crippen LogP contribution in [0.3, 0.4) is 0 Å². The van der Waals surface area contributed by atoms with Gasteiger partial charge < -0.3 is 4.74 Å². The maximum absolute atomic E-state index is 6.07. The summed E-state index contributed by atoms with van der Waals surface area (Å²) in [5.41, 5.74) is 3.57. The molecule has 0 amide bonds. The number of benzene rings is 3. The van der Waals surface area contributed by atoms with Crippen LogP contribution in [-0.4, -0.2) is 0 Å². The van der Waals surface area contributed by atoms with E-state index in [1.54, 1.807) is 0 Å². The molecule has 3 aromatic rings. The van der Waals surface area contributed by atoms with E-state index < -0.39 is 0 Å². The van der Waals surface area contributed by atoms with Crippen LogP contribution in [0.15, 0.2) is 72.8 Å². The molecular weight excluding hydrogens is 280 g/mol. The van der Waals surface area contributed by atoms with E-state index in [1.807, 2.05) is 72.8 Å². The molecule has 0 N–H and O–H groups in total. The van der Waals surface area contributed by atoms with Crippen molar-refractivity contribution in [3.8, 4) is 35.2 Å². The van der Waals surface area contributed by atoms with Crippen molar-refractivity contribution in [1.82, 2.24) is 0 Å². The van der Waals surface area contributed by atoms with E-state index in [0.717, 1.165) is 33.8 Å². The lowest BCUT2D eigenvalue weighted by atomic mass is 10.1. The zero-order valence-electron chi connectivity index (χ0n) is 12.3. The fourth-order valence-corrected chi connectivity index (χ4v) is 2.41. The van der Waals surface area contributed by atoms with Crippen LogP contribution in [0.1, 0.15) is 22.3 Å². The quantitative estimate of drug-likeness (QED) is 0.431. The van der Waals surface area contributed by atoms with Crippen LogP contribution >= 0.6 is 0 Å². The Labute approximate surface area is 135 Å². The van der Waals surface area contributed by atoms with Crippen molar-refractivity contribution in [2.75, 3.05) is 0 Å². The molecule has 0 atom stereocenters. The van der Waals surface area contributed by atoms with Gasteiger partial charge in [0.1, 0.15) is 11.5 Å². The van der Waals surface area contributed by atoms with E-state index in [9.17, 15) is 0 Å². The van der Waals surface area contributed by atoms with Gasteiger partial charge in [0.25, 0.3) is 0 Å². The van der Waals surface area contributed by atoms with Gasteiger partial charge in [0.2, 0.25) is 0 Å². The van der Waals surface area contributed by atoms with Gasteiger partial charge in [0, 0.05) is 11.1 Å². The highest BCUT2D eigenvalue weighted by atomic mass is 16.5. The lowest BCUT2D eigenvalue weighted by Gasteiger charge is -2.09. The van der Waals surface area contributed by atoms with Crippen LogP contribution in [0.2, 0.25) is 0 Å². The maximum atomic E-state index is 6.07. The molecule has 1 heterocycles. The second kappa shape index (κ2) is 5.76. The van der Waals surface area contributed by atoms with E-state index in [1.165, 1.54) is 0 Å². The average molecular weight is 292 g/mol. The molecule has 0 bridgehead atoms. The summed E-state index contributed by atoms with van der Waals surface area (Å²) in [5.74, 6) is 14.3. The van der Waals surface area contributed by atoms with E-state index in [-0.39, 0.29) is 0 Å². The molecule has 1 aliphatic heterocycles. The lowest BCUT2D eigenvalue weighted by Crippen LogP contribution is -1.90. The summed E-state index contributed by atoms with van der Waals surface area (Å²) in [6.45, 7) is 0. The molecule has 1 nitrogen and oxygen atoms in total. The molecule has 4 rings (SSSR count). The lowest BCUT2D eigenvalue weighted by molar-refractivity contribution is 0.480. The summed E-state index contributed by atoms with van der Waals surface area (Å²) >= 11 is 0. The monoisotopic (exact) mass is 292 g/mol. The van der Waals surface area contributed by atoms with Crippen LogP contribution in [0, 0.1) is 23.7 Å². The second-order valence-corrected chi connectivity index (χ2v) is 5.14. The first-order valence-corrected chi connectivity index (χ1v) is 7.39. The van der Waals surface area contributed by atoms with Gasteiger partial charge in [-0.1, -0.05) is 60.1 Å². The molecule has 23 heavy (non-hydrogen) atoms. The molecular formula is C22H12O. The number of para-hydroxylation sites is 2. The molecule has 0 saturated carbocycles. The minimum atomic E-state index is 0.744. The van der Waals surface area contributed by atoms with Crippen molar-refractivity contribution >= 4 is 0 Å². The van der Waals surface area contributed by atoms with Crippen LogP contribution in [0.25, 0.3) is 0 Å². The maximum Gasteiger partial charge on any atom is 0.143 e. The fraction of sp³-hybridized carbons (Fsp3) is 0. The average Bonchev–Trinajstić information content (AvgIpc) is 2.63. The third kappa shape index (κ3) is 2.69. The van der Waals surface area contributed by atoms with Gasteiger partial charge >= 0.3 is 0 Å². The minimum absolute atomic E-state index is 0.744. The number of ether oxygens (including phenoxy) is 1. The Hall–Kier alpha value is -3.42. The van der Waals surface area contributed by atoms with E-state index in [4.69, 9.17) is 4.74 Å². The van der Waals surface area contributed by atoms with Gasteiger partial charge in [-0.05, 0) is 36.4 Å². The van der Waals surface area contributed by atoms with Gasteiger partial charge in [0.05, 0.1) is 11.1 Å². The van der Waals surface area contributed by atoms with Gasteiger partial charge in [-0.25, -0.2) is 0 Å². The van der Waals surface area contributed by atoms with E-state index >= 15 is 0 Å². The summed E-state index contributed by atoms with van der Waals surface area (Å²) < 4.78 is 6.07. The largest absolute Gasteiger partial charge is 0.455 e. The summed E-state index contributed by atoms with van der Waals surface area (Å²) in [7, 11) is 0. The SMILES string of the molecule is C1#Cc2ccccc2Oc2ccccc2C#Cc2ccccc21. The van der Waals surface area contributed by atoms with Crippen molar-refractivity contribution in [3.63, 3.8) is 0 Å². The van der Waals surface area contributed by atoms with Crippen molar-refractivity contribution in [3.05, 3.63) is 95.1 Å². The molecule has 0 fully saturated rings. The molecule has 1 heteroatoms. The smallest absolute Gasteiger partial charge is 0.143 e. The van der Waals surface area contributed by atoms with Crippen molar-refractivity contribution < 1.29 is 4.74 Å². The molecule has 0 saturated heterocycles. The first-order chi connectivity index (χ1) is 11.4. The number of hydrogen-bond acceptors (Lipinski definition) is 1. The van der Waals surface area contributed by atoms with Crippen LogP contribution in [0.5, 0.6) is 11.5 Å². The van der Waals surface area contributed by atoms with Crippen LogP contribution in [-0.2, 0) is 0 Å². The fourth-order valence-electron chi connectivity index (χ4n) is 2.41. The Bertz CT molecular complexity index is 924. The Morgan fingerprint density at radius 1 is 0.435 bits per heavy atom. The molecule has 0 aromatic heterocycles. The van der Waals surface area contributed by atoms with E-state index in [2.05, 4.69) is 23.7 Å². The predicted octanol–water partition coefficient (Wildman–Crippen LogP) is 4.59.